The van der Waals surface area contributed by atoms with Crippen molar-refractivity contribution < 1.29 is 18.0 Å². The molecule has 7 nitrogen and oxygen atoms in total. The summed E-state index contributed by atoms with van der Waals surface area (Å²) < 4.78 is 27.2. The Bertz CT molecular complexity index is 1220. The lowest BCUT2D eigenvalue weighted by Gasteiger charge is -2.22. The zero-order valence-corrected chi connectivity index (χ0v) is 18.9. The van der Waals surface area contributed by atoms with Crippen LogP contribution in [0, 0.1) is 0 Å². The minimum Gasteiger partial charge on any atom is -0.350 e. The number of hydrogen-bond acceptors (Lipinski definition) is 4. The highest BCUT2D eigenvalue weighted by Crippen LogP contribution is 2.27. The third-order valence-corrected chi connectivity index (χ3v) is 6.51. The number of anilines is 2. The van der Waals surface area contributed by atoms with Crippen molar-refractivity contribution in [1.29, 1.82) is 0 Å². The molecule has 0 unspecified atom stereocenters. The van der Waals surface area contributed by atoms with Crippen molar-refractivity contribution in [3.8, 4) is 0 Å². The Kier molecular flexibility index (Phi) is 6.95. The molecule has 2 amide bonds. The molecule has 0 spiro atoms. The van der Waals surface area contributed by atoms with Gasteiger partial charge in [-0.3, -0.25) is 13.9 Å². The van der Waals surface area contributed by atoms with E-state index in [9.17, 15) is 18.0 Å². The Hall–Kier alpha value is -3.65. The van der Waals surface area contributed by atoms with E-state index in [4.69, 9.17) is 0 Å². The average Bonchev–Trinajstić information content (AvgIpc) is 2.79. The maximum atomic E-state index is 13.1. The Balaban J connectivity index is 1.94. The van der Waals surface area contributed by atoms with Crippen molar-refractivity contribution in [2.24, 2.45) is 0 Å². The van der Waals surface area contributed by atoms with Crippen LogP contribution in [0.5, 0.6) is 0 Å². The summed E-state index contributed by atoms with van der Waals surface area (Å²) in [6.07, 6.45) is 0. The molecule has 0 fully saturated rings. The van der Waals surface area contributed by atoms with E-state index in [1.807, 2.05) is 13.8 Å². The summed E-state index contributed by atoms with van der Waals surface area (Å²) in [5.41, 5.74) is 1.03. The van der Waals surface area contributed by atoms with Crippen molar-refractivity contribution in [1.82, 2.24) is 5.32 Å². The van der Waals surface area contributed by atoms with Gasteiger partial charge in [0.1, 0.15) is 0 Å². The van der Waals surface area contributed by atoms with Gasteiger partial charge in [-0.2, -0.15) is 0 Å². The number of carbonyl (C=O) groups is 2. The lowest BCUT2D eigenvalue weighted by Crippen LogP contribution is -2.31. The van der Waals surface area contributed by atoms with E-state index in [0.29, 0.717) is 11.3 Å². The lowest BCUT2D eigenvalue weighted by atomic mass is 10.1. The summed E-state index contributed by atoms with van der Waals surface area (Å²) in [7, 11) is -2.47. The van der Waals surface area contributed by atoms with Gasteiger partial charge in [-0.1, -0.05) is 42.5 Å². The van der Waals surface area contributed by atoms with Crippen LogP contribution in [0.2, 0.25) is 0 Å². The number of hydrogen-bond donors (Lipinski definition) is 2. The second-order valence-electron chi connectivity index (χ2n) is 7.43. The first-order valence-corrected chi connectivity index (χ1v) is 11.5. The topological polar surface area (TPSA) is 95.6 Å². The lowest BCUT2D eigenvalue weighted by molar-refractivity contribution is 0.0944. The van der Waals surface area contributed by atoms with Crippen LogP contribution in [0.15, 0.2) is 83.8 Å². The molecule has 2 N–H and O–H groups in total. The fraction of sp³-hybridized carbons (Fsp3) is 0.167. The molecule has 166 valence electrons. The van der Waals surface area contributed by atoms with Gasteiger partial charge in [-0.15, -0.1) is 0 Å². The molecule has 3 aromatic rings. The highest BCUT2D eigenvalue weighted by molar-refractivity contribution is 7.92. The van der Waals surface area contributed by atoms with E-state index in [2.05, 4.69) is 10.6 Å². The number of rotatable bonds is 7. The smallest absolute Gasteiger partial charge is 0.264 e. The number of benzene rings is 3. The number of sulfonamides is 1. The zero-order valence-electron chi connectivity index (χ0n) is 18.1. The van der Waals surface area contributed by atoms with Crippen LogP contribution >= 0.6 is 0 Å². The third kappa shape index (κ3) is 4.97. The van der Waals surface area contributed by atoms with Crippen LogP contribution < -0.4 is 14.9 Å². The van der Waals surface area contributed by atoms with Crippen molar-refractivity contribution in [3.05, 3.63) is 90.0 Å². The van der Waals surface area contributed by atoms with Gasteiger partial charge in [0.25, 0.3) is 21.8 Å². The summed E-state index contributed by atoms with van der Waals surface area (Å²) in [5.74, 6) is -0.839. The SMILES string of the molecule is CC(C)NC(=O)c1ccccc1NC(=O)c1ccccc1N(C)S(=O)(=O)c1ccccc1. The molecule has 3 aromatic carbocycles. The number of amides is 2. The Labute approximate surface area is 188 Å². The van der Waals surface area contributed by atoms with Crippen molar-refractivity contribution in [3.63, 3.8) is 0 Å². The minimum atomic E-state index is -3.87. The number of carbonyl (C=O) groups excluding carboxylic acids is 2. The monoisotopic (exact) mass is 451 g/mol. The van der Waals surface area contributed by atoms with Crippen LogP contribution in [-0.2, 0) is 10.0 Å². The first-order valence-electron chi connectivity index (χ1n) is 10.1. The fourth-order valence-electron chi connectivity index (χ4n) is 3.14. The van der Waals surface area contributed by atoms with Gasteiger partial charge in [0.2, 0.25) is 0 Å². The van der Waals surface area contributed by atoms with Gasteiger partial charge in [-0.05, 0) is 50.2 Å². The van der Waals surface area contributed by atoms with E-state index < -0.39 is 15.9 Å². The van der Waals surface area contributed by atoms with Crippen molar-refractivity contribution in [2.75, 3.05) is 16.7 Å². The molecule has 0 radical (unpaired) electrons. The molecule has 8 heteroatoms. The third-order valence-electron chi connectivity index (χ3n) is 4.73. The molecule has 0 bridgehead atoms. The molecule has 0 aliphatic carbocycles. The van der Waals surface area contributed by atoms with Crippen LogP contribution in [0.25, 0.3) is 0 Å². The molecular weight excluding hydrogens is 426 g/mol. The molecule has 0 saturated heterocycles. The summed E-state index contributed by atoms with van der Waals surface area (Å²) >= 11 is 0. The Morgan fingerprint density at radius 1 is 0.781 bits per heavy atom. The molecule has 0 heterocycles. The second kappa shape index (κ2) is 9.65. The largest absolute Gasteiger partial charge is 0.350 e. The van der Waals surface area contributed by atoms with Gasteiger partial charge in [0.05, 0.1) is 27.4 Å². The molecule has 0 saturated carbocycles. The van der Waals surface area contributed by atoms with Gasteiger partial charge in [0, 0.05) is 13.1 Å². The van der Waals surface area contributed by atoms with Gasteiger partial charge >= 0.3 is 0 Å². The van der Waals surface area contributed by atoms with Crippen LogP contribution in [0.4, 0.5) is 11.4 Å². The van der Waals surface area contributed by atoms with E-state index in [1.54, 1.807) is 66.7 Å². The summed E-state index contributed by atoms with van der Waals surface area (Å²) in [6, 6.07) is 21.0. The molecule has 0 aliphatic rings. The Morgan fingerprint density at radius 2 is 1.34 bits per heavy atom. The minimum absolute atomic E-state index is 0.0659. The Morgan fingerprint density at radius 3 is 2.00 bits per heavy atom. The number of nitrogens with one attached hydrogen (secondary N) is 2. The van der Waals surface area contributed by atoms with Crippen LogP contribution in [-0.4, -0.2) is 33.3 Å². The fourth-order valence-corrected chi connectivity index (χ4v) is 4.38. The predicted octanol–water partition coefficient (Wildman–Crippen LogP) is 3.90. The first kappa shape index (κ1) is 23.0. The molecule has 0 atom stereocenters. The van der Waals surface area contributed by atoms with E-state index in [1.165, 1.54) is 19.2 Å². The number of nitrogens with zero attached hydrogens (tertiary/aromatic N) is 1. The highest BCUT2D eigenvalue weighted by Gasteiger charge is 2.25. The summed E-state index contributed by atoms with van der Waals surface area (Å²) in [5, 5.41) is 5.55. The van der Waals surface area contributed by atoms with Crippen molar-refractivity contribution in [2.45, 2.75) is 24.8 Å². The van der Waals surface area contributed by atoms with Crippen LogP contribution in [0.1, 0.15) is 34.6 Å². The predicted molar refractivity (Wildman–Crippen MR) is 125 cm³/mol. The van der Waals surface area contributed by atoms with Crippen molar-refractivity contribution >= 4 is 33.2 Å². The molecule has 32 heavy (non-hydrogen) atoms. The normalized spacial score (nSPS) is 11.1. The standard InChI is InChI=1S/C24H25N3O4S/c1-17(2)25-23(28)19-13-7-9-15-21(19)26-24(29)20-14-8-10-16-22(20)27(3)32(30,31)18-11-5-4-6-12-18/h4-17H,1-3H3,(H,25,28)(H,26,29). The maximum Gasteiger partial charge on any atom is 0.264 e. The van der Waals surface area contributed by atoms with E-state index >= 15 is 0 Å². The average molecular weight is 452 g/mol. The van der Waals surface area contributed by atoms with E-state index in [-0.39, 0.29) is 28.1 Å². The molecule has 3 rings (SSSR count). The highest BCUT2D eigenvalue weighted by atomic mass is 32.2. The first-order chi connectivity index (χ1) is 15.2. The summed E-state index contributed by atoms with van der Waals surface area (Å²) in [4.78, 5) is 25.8. The van der Waals surface area contributed by atoms with Gasteiger partial charge < -0.3 is 10.6 Å². The van der Waals surface area contributed by atoms with E-state index in [0.717, 1.165) is 4.31 Å². The molecular formula is C24H25N3O4S. The molecule has 0 aliphatic heterocycles. The second-order valence-corrected chi connectivity index (χ2v) is 9.40. The van der Waals surface area contributed by atoms with Gasteiger partial charge in [0.15, 0.2) is 0 Å². The van der Waals surface area contributed by atoms with Crippen LogP contribution in [0.3, 0.4) is 0 Å². The zero-order chi connectivity index (χ0) is 23.3. The quantitative estimate of drug-likeness (QED) is 0.569. The molecule has 0 aromatic heterocycles. The maximum absolute atomic E-state index is 13.1. The summed E-state index contributed by atoms with van der Waals surface area (Å²) in [6.45, 7) is 3.69. The van der Waals surface area contributed by atoms with Gasteiger partial charge in [-0.25, -0.2) is 8.42 Å². The number of para-hydroxylation sites is 2.